The molecule has 0 amide bonds. The smallest absolute Gasteiger partial charge is 0.329 e. The van der Waals surface area contributed by atoms with Crippen molar-refractivity contribution in [1.29, 1.82) is 0 Å². The summed E-state index contributed by atoms with van der Waals surface area (Å²) in [6.45, 7) is 11.6. The van der Waals surface area contributed by atoms with Crippen LogP contribution in [0.3, 0.4) is 0 Å². The van der Waals surface area contributed by atoms with Crippen molar-refractivity contribution in [3.63, 3.8) is 0 Å². The van der Waals surface area contributed by atoms with Crippen molar-refractivity contribution in [2.24, 2.45) is 4.99 Å². The number of benzene rings is 1. The second-order valence-electron chi connectivity index (χ2n) is 6.87. The summed E-state index contributed by atoms with van der Waals surface area (Å²) in [5, 5.41) is 0. The lowest BCUT2D eigenvalue weighted by Gasteiger charge is -2.16. The fourth-order valence-corrected chi connectivity index (χ4v) is 3.55. The van der Waals surface area contributed by atoms with Gasteiger partial charge in [0.1, 0.15) is 0 Å². The van der Waals surface area contributed by atoms with Crippen LogP contribution in [-0.2, 0) is 0 Å². The summed E-state index contributed by atoms with van der Waals surface area (Å²) in [6, 6.07) is 9.70. The van der Waals surface area contributed by atoms with E-state index in [1.54, 1.807) is 6.92 Å². The Bertz CT molecular complexity index is 964. The minimum absolute atomic E-state index is 0.557. The number of rotatable bonds is 3. The first-order valence-corrected chi connectivity index (χ1v) is 8.75. The van der Waals surface area contributed by atoms with Crippen molar-refractivity contribution in [3.05, 3.63) is 75.3 Å². The first-order valence-electron chi connectivity index (χ1n) is 8.75. The second-order valence-corrected chi connectivity index (χ2v) is 6.87. The van der Waals surface area contributed by atoms with E-state index < -0.39 is 7.40 Å². The average Bonchev–Trinajstić information content (AvgIpc) is 2.99. The first-order chi connectivity index (χ1) is 12.3. The van der Waals surface area contributed by atoms with Crippen LogP contribution >= 0.6 is 0 Å². The van der Waals surface area contributed by atoms with E-state index in [4.69, 9.17) is 4.99 Å². The molecule has 5 heteroatoms. The molecule has 0 radical (unpaired) electrons. The van der Waals surface area contributed by atoms with Gasteiger partial charge in [-0.3, -0.25) is 13.6 Å². The summed E-state index contributed by atoms with van der Waals surface area (Å²) in [4.78, 5) is 4.75. The van der Waals surface area contributed by atoms with E-state index in [2.05, 4.69) is 0 Å². The molecule has 1 aromatic heterocycles. The summed E-state index contributed by atoms with van der Waals surface area (Å²) in [6.07, 6.45) is 0. The number of aromatic nitrogens is 1. The van der Waals surface area contributed by atoms with Crippen LogP contribution in [0.5, 0.6) is 0 Å². The van der Waals surface area contributed by atoms with Crippen LogP contribution in [0.2, 0.25) is 0 Å². The maximum absolute atomic E-state index is 14.0. The van der Waals surface area contributed by atoms with Gasteiger partial charge in [0.25, 0.3) is 0 Å². The van der Waals surface area contributed by atoms with E-state index in [1.165, 1.54) is 0 Å². The molecule has 26 heavy (non-hydrogen) atoms. The van der Waals surface area contributed by atoms with Gasteiger partial charge in [0.05, 0.1) is 5.70 Å². The van der Waals surface area contributed by atoms with Gasteiger partial charge in [0.15, 0.2) is 0 Å². The molecule has 0 spiro atoms. The monoisotopic (exact) mass is 352 g/mol. The van der Waals surface area contributed by atoms with E-state index in [9.17, 15) is 8.63 Å². The largest absolute Gasteiger partial charge is 0.677 e. The summed E-state index contributed by atoms with van der Waals surface area (Å²) in [5.41, 5.74) is 8.46. The van der Waals surface area contributed by atoms with Crippen molar-refractivity contribution in [2.75, 3.05) is 0 Å². The Hall–Kier alpha value is -2.43. The van der Waals surface area contributed by atoms with Gasteiger partial charge in [-0.2, -0.15) is 0 Å². The number of allylic oxidation sites excluding steroid dienone is 2. The summed E-state index contributed by atoms with van der Waals surface area (Å²) < 4.78 is 29.1. The SMILES string of the molecule is CC1=N/C(=C(/c2ccccc2)c2c(C)c(C)c(C)n2B(F)F)C(C)=C1C. The number of halogens is 2. The van der Waals surface area contributed by atoms with Gasteiger partial charge in [-0.1, -0.05) is 30.3 Å². The van der Waals surface area contributed by atoms with E-state index in [0.29, 0.717) is 11.4 Å². The Morgan fingerprint density at radius 1 is 0.885 bits per heavy atom. The predicted octanol–water partition coefficient (Wildman–Crippen LogP) is 5.76. The number of hydrogen-bond acceptors (Lipinski definition) is 1. The zero-order valence-electron chi connectivity index (χ0n) is 16.1. The van der Waals surface area contributed by atoms with Crippen molar-refractivity contribution in [1.82, 2.24) is 4.48 Å². The Labute approximate surface area is 154 Å². The third-order valence-electron chi connectivity index (χ3n) is 5.53. The lowest BCUT2D eigenvalue weighted by atomic mass is 9.93. The van der Waals surface area contributed by atoms with E-state index in [-0.39, 0.29) is 0 Å². The van der Waals surface area contributed by atoms with Crippen LogP contribution in [0.25, 0.3) is 5.57 Å². The molecule has 134 valence electrons. The molecule has 2 nitrogen and oxygen atoms in total. The molecule has 0 unspecified atom stereocenters. The summed E-state index contributed by atoms with van der Waals surface area (Å²) in [5.74, 6) is 0. The van der Waals surface area contributed by atoms with E-state index >= 15 is 0 Å². The highest BCUT2D eigenvalue weighted by atomic mass is 19.2. The molecule has 0 fully saturated rings. The fraction of sp³-hybridized carbons (Fsp3) is 0.286. The maximum atomic E-state index is 14.0. The lowest BCUT2D eigenvalue weighted by molar-refractivity contribution is 0.623. The summed E-state index contributed by atoms with van der Waals surface area (Å²) >= 11 is 0. The van der Waals surface area contributed by atoms with Gasteiger partial charge in [0.2, 0.25) is 0 Å². The van der Waals surface area contributed by atoms with Gasteiger partial charge in [-0.15, -0.1) is 0 Å². The van der Waals surface area contributed by atoms with E-state index in [1.807, 2.05) is 65.0 Å². The molecule has 1 aliphatic rings. The van der Waals surface area contributed by atoms with Gasteiger partial charge in [0, 0.05) is 22.7 Å². The van der Waals surface area contributed by atoms with Crippen LogP contribution in [-0.4, -0.2) is 17.6 Å². The van der Waals surface area contributed by atoms with Crippen LogP contribution in [0.4, 0.5) is 8.63 Å². The van der Waals surface area contributed by atoms with Gasteiger partial charge in [-0.05, 0) is 69.4 Å². The zero-order chi connectivity index (χ0) is 19.2. The van der Waals surface area contributed by atoms with Crippen LogP contribution < -0.4 is 0 Å². The van der Waals surface area contributed by atoms with Gasteiger partial charge < -0.3 is 4.48 Å². The molecular weight excluding hydrogens is 329 g/mol. The molecule has 0 saturated carbocycles. The van der Waals surface area contributed by atoms with Crippen LogP contribution in [0.15, 0.2) is 52.2 Å². The second kappa shape index (κ2) is 6.71. The fourth-order valence-electron chi connectivity index (χ4n) is 3.55. The number of hydrogen-bond donors (Lipinski definition) is 0. The van der Waals surface area contributed by atoms with Crippen molar-refractivity contribution in [2.45, 2.75) is 41.5 Å². The topological polar surface area (TPSA) is 17.3 Å². The molecule has 0 N–H and O–H groups in total. The Kier molecular flexibility index (Phi) is 4.74. The standard InChI is InChI=1S/C21H23BF2N2/c1-12-14(3)20(25-16(12)5)19(18-10-8-7-9-11-18)21-15(4)13(2)17(6)26(21)22(23)24/h7-11H,1-6H3/b20-19-. The van der Waals surface area contributed by atoms with Crippen molar-refractivity contribution >= 4 is 18.7 Å². The normalized spacial score (nSPS) is 16.2. The quantitative estimate of drug-likeness (QED) is 0.626. The Morgan fingerprint density at radius 3 is 2.00 bits per heavy atom. The molecule has 0 bridgehead atoms. The minimum Gasteiger partial charge on any atom is -0.329 e. The highest BCUT2D eigenvalue weighted by molar-refractivity contribution is 6.41. The maximum Gasteiger partial charge on any atom is 0.677 e. The Balaban J connectivity index is 2.46. The molecule has 1 aromatic carbocycles. The molecular formula is C21H23BF2N2. The molecule has 0 atom stereocenters. The molecule has 0 saturated heterocycles. The van der Waals surface area contributed by atoms with E-state index in [0.717, 1.165) is 49.3 Å². The molecule has 2 aromatic rings. The highest BCUT2D eigenvalue weighted by Crippen LogP contribution is 2.39. The van der Waals surface area contributed by atoms with Crippen molar-refractivity contribution < 1.29 is 8.63 Å². The molecule has 2 heterocycles. The first kappa shape index (κ1) is 18.4. The molecule has 3 rings (SSSR count). The molecule has 1 aliphatic heterocycles. The van der Waals surface area contributed by atoms with Crippen molar-refractivity contribution in [3.8, 4) is 0 Å². The number of nitrogens with zero attached hydrogens (tertiary/aromatic N) is 2. The zero-order valence-corrected chi connectivity index (χ0v) is 16.1. The van der Waals surface area contributed by atoms with Gasteiger partial charge >= 0.3 is 7.40 Å². The summed E-state index contributed by atoms with van der Waals surface area (Å²) in [7, 11) is -2.60. The predicted molar refractivity (Wildman–Crippen MR) is 106 cm³/mol. The number of aliphatic imine (C=N–C) groups is 1. The highest BCUT2D eigenvalue weighted by Gasteiger charge is 2.31. The third kappa shape index (κ3) is 2.76. The Morgan fingerprint density at radius 2 is 1.50 bits per heavy atom. The van der Waals surface area contributed by atoms with Gasteiger partial charge in [-0.25, -0.2) is 0 Å². The van der Waals surface area contributed by atoms with Crippen LogP contribution in [0, 0.1) is 20.8 Å². The average molecular weight is 352 g/mol. The third-order valence-corrected chi connectivity index (χ3v) is 5.53. The van der Waals surface area contributed by atoms with Crippen LogP contribution in [0.1, 0.15) is 48.8 Å². The minimum atomic E-state index is -2.60. The lowest BCUT2D eigenvalue weighted by Crippen LogP contribution is -2.18. The molecule has 0 aliphatic carbocycles.